The first kappa shape index (κ1) is 52.8. The van der Waals surface area contributed by atoms with Crippen LogP contribution < -0.4 is 34.3 Å². The molecule has 296 valence electrons. The summed E-state index contributed by atoms with van der Waals surface area (Å²) in [6.45, 7) is 6.67. The molecule has 1 aromatic carbocycles. The van der Waals surface area contributed by atoms with Crippen LogP contribution in [0, 0.1) is 0 Å². The number of hydrogen-bond donors (Lipinski definition) is 0. The third-order valence-corrected chi connectivity index (χ3v) is 9.90. The summed E-state index contributed by atoms with van der Waals surface area (Å²) in [5.74, 6) is -1.36. The van der Waals surface area contributed by atoms with Crippen molar-refractivity contribution in [3.63, 3.8) is 0 Å². The fraction of sp³-hybridized carbons (Fsp3) is 0.786. The van der Waals surface area contributed by atoms with E-state index in [-0.39, 0.29) is 53.7 Å². The van der Waals surface area contributed by atoms with E-state index in [0.717, 1.165) is 44.6 Å². The van der Waals surface area contributed by atoms with Crippen LogP contribution in [0.1, 0.15) is 213 Å². The molecule has 0 unspecified atom stereocenters. The van der Waals surface area contributed by atoms with E-state index in [4.69, 9.17) is 9.47 Å². The van der Waals surface area contributed by atoms with Crippen LogP contribution >= 0.6 is 0 Å². The Balaban J connectivity index is 0. The molecule has 1 rings (SSSR count). The van der Waals surface area contributed by atoms with E-state index in [1.807, 2.05) is 0 Å². The normalized spacial score (nSPS) is 10.9. The zero-order chi connectivity index (χ0) is 37.8. The van der Waals surface area contributed by atoms with Crippen molar-refractivity contribution in [3.8, 4) is 5.75 Å². The Morgan fingerprint density at radius 3 is 1.10 bits per heavy atom. The van der Waals surface area contributed by atoms with Crippen LogP contribution in [-0.2, 0) is 29.2 Å². The van der Waals surface area contributed by atoms with Gasteiger partial charge < -0.3 is 14.0 Å². The van der Waals surface area contributed by atoms with Crippen LogP contribution in [0.4, 0.5) is 0 Å². The van der Waals surface area contributed by atoms with Crippen LogP contribution in [0.25, 0.3) is 0 Å². The van der Waals surface area contributed by atoms with Crippen LogP contribution in [0.5, 0.6) is 5.75 Å². The fourth-order valence-electron chi connectivity index (χ4n) is 5.88. The molecule has 0 radical (unpaired) electrons. The molecular weight excluding hydrogens is 688 g/mol. The van der Waals surface area contributed by atoms with E-state index in [1.165, 1.54) is 147 Å². The van der Waals surface area contributed by atoms with Gasteiger partial charge in [-0.3, -0.25) is 14.4 Å². The van der Waals surface area contributed by atoms with E-state index in [2.05, 4.69) is 20.8 Å². The average Bonchev–Trinajstić information content (AvgIpc) is 3.09. The predicted molar refractivity (Wildman–Crippen MR) is 207 cm³/mol. The molecule has 0 bridgehead atoms. The molecule has 0 aliphatic carbocycles. The number of para-hydroxylation sites is 1. The van der Waals surface area contributed by atoms with E-state index in [9.17, 15) is 27.4 Å². The van der Waals surface area contributed by atoms with Crippen LogP contribution in [0.15, 0.2) is 29.2 Å². The van der Waals surface area contributed by atoms with Gasteiger partial charge in [-0.15, -0.1) is 0 Å². The molecule has 0 aliphatic heterocycles. The van der Waals surface area contributed by atoms with Crippen molar-refractivity contribution in [1.29, 1.82) is 0 Å². The molecule has 0 aromatic heterocycles. The molecule has 52 heavy (non-hydrogen) atoms. The number of unbranched alkanes of at least 4 members (excludes halogenated alkanes) is 24. The number of rotatable bonds is 32. The summed E-state index contributed by atoms with van der Waals surface area (Å²) in [5, 5.41) is 0. The molecule has 8 nitrogen and oxygen atoms in total. The number of hydrogen-bond acceptors (Lipinski definition) is 8. The van der Waals surface area contributed by atoms with Crippen molar-refractivity contribution >= 4 is 28.0 Å². The summed E-state index contributed by atoms with van der Waals surface area (Å²) in [4.78, 5) is 34.6. The molecule has 0 aliphatic rings. The van der Waals surface area contributed by atoms with Gasteiger partial charge in [-0.05, 0) is 31.4 Å². The smallest absolute Gasteiger partial charge is 0.744 e. The third-order valence-electron chi connectivity index (χ3n) is 9.02. The van der Waals surface area contributed by atoms with Gasteiger partial charge in [0, 0.05) is 19.3 Å². The van der Waals surface area contributed by atoms with Crippen molar-refractivity contribution in [1.82, 2.24) is 0 Å². The maximum atomic E-state index is 11.8. The van der Waals surface area contributed by atoms with Gasteiger partial charge in [0.15, 0.2) is 0 Å². The third kappa shape index (κ3) is 34.5. The summed E-state index contributed by atoms with van der Waals surface area (Å²) in [6, 6.07) is 5.40. The van der Waals surface area contributed by atoms with E-state index in [1.54, 1.807) is 0 Å². The van der Waals surface area contributed by atoms with E-state index in [0.29, 0.717) is 19.3 Å². The summed E-state index contributed by atoms with van der Waals surface area (Å²) < 4.78 is 43.3. The molecule has 0 saturated carbocycles. The summed E-state index contributed by atoms with van der Waals surface area (Å²) >= 11 is 0. The Bertz CT molecular complexity index is 1080. The van der Waals surface area contributed by atoms with Gasteiger partial charge in [0.2, 0.25) is 0 Å². The van der Waals surface area contributed by atoms with Crippen LogP contribution in [-0.4, -0.2) is 30.9 Å². The number of benzene rings is 1. The summed E-state index contributed by atoms with van der Waals surface area (Å²) in [6.07, 6.45) is 33.3. The quantitative estimate of drug-likeness (QED) is 0.0178. The maximum absolute atomic E-state index is 11.8. The largest absolute Gasteiger partial charge is 1.00 e. The summed E-state index contributed by atoms with van der Waals surface area (Å²) in [5.41, 5.74) is 0. The minimum absolute atomic E-state index is 0. The minimum Gasteiger partial charge on any atom is -0.744 e. The monoisotopic (exact) mass is 760 g/mol. The van der Waals surface area contributed by atoms with Crippen LogP contribution in [0.3, 0.4) is 0 Å². The second-order valence-corrected chi connectivity index (χ2v) is 15.3. The number of carbonyl (C=O) groups excluding carboxylic acids is 3. The van der Waals surface area contributed by atoms with Gasteiger partial charge in [0.1, 0.15) is 15.9 Å². The summed E-state index contributed by atoms with van der Waals surface area (Å²) in [7, 11) is -4.65. The second-order valence-electron chi connectivity index (χ2n) is 14.0. The molecule has 0 N–H and O–H groups in total. The van der Waals surface area contributed by atoms with Crippen molar-refractivity contribution in [3.05, 3.63) is 24.3 Å². The standard InChI is InChI=1S/C24H46O3.C18H28O5S.Na/c1-3-5-7-9-11-13-15-17-19-21-23(25)27-24(26)22-20-18-16-14-12-10-8-6-4-2;1-2-3-4-5-6-7-8-9-10-15-18(19)23-16-13-11-12-14-17(16)24(20,21)22;/h3-22H2,1-2H3;11-14H,2-10,15H2,1H3,(H,20,21,22);/q;;+1/p-1. The fourth-order valence-corrected chi connectivity index (χ4v) is 6.49. The molecule has 10 heteroatoms. The Morgan fingerprint density at radius 2 is 0.769 bits per heavy atom. The zero-order valence-electron chi connectivity index (χ0n) is 33.7. The average molecular weight is 761 g/mol. The molecule has 0 fully saturated rings. The molecular formula is C42H73NaO8S. The van der Waals surface area contributed by atoms with E-state index < -0.39 is 21.0 Å². The number of ether oxygens (including phenoxy) is 2. The minimum atomic E-state index is -4.65. The van der Waals surface area contributed by atoms with Gasteiger partial charge in [-0.25, -0.2) is 8.42 Å². The van der Waals surface area contributed by atoms with Gasteiger partial charge in [-0.2, -0.15) is 0 Å². The Labute approximate surface area is 340 Å². The predicted octanol–water partition coefficient (Wildman–Crippen LogP) is 9.32. The number of carbonyl (C=O) groups is 3. The van der Waals surface area contributed by atoms with E-state index >= 15 is 0 Å². The SMILES string of the molecule is CCCCCCCCCCCC(=O)OC(=O)CCCCCCCCCCC.CCCCCCCCCCCC(=O)Oc1ccccc1S(=O)(=O)[O-].[Na+]. The van der Waals surface area contributed by atoms with Gasteiger partial charge in [0.05, 0.1) is 4.90 Å². The number of esters is 3. The Hall–Kier alpha value is -1.26. The first-order valence-corrected chi connectivity index (χ1v) is 22.1. The molecule has 0 spiro atoms. The first-order chi connectivity index (χ1) is 24.6. The molecule has 0 amide bonds. The zero-order valence-corrected chi connectivity index (χ0v) is 36.5. The van der Waals surface area contributed by atoms with Crippen molar-refractivity contribution in [2.75, 3.05) is 0 Å². The first-order valence-electron chi connectivity index (χ1n) is 20.6. The molecule has 0 saturated heterocycles. The van der Waals surface area contributed by atoms with Gasteiger partial charge in [0.25, 0.3) is 0 Å². The molecule has 1 aromatic rings. The Kier molecular flexibility index (Phi) is 38.6. The van der Waals surface area contributed by atoms with Gasteiger partial charge >= 0.3 is 47.5 Å². The molecule has 0 atom stereocenters. The van der Waals surface area contributed by atoms with Crippen LogP contribution in [0.2, 0.25) is 0 Å². The van der Waals surface area contributed by atoms with Crippen molar-refractivity contribution in [2.24, 2.45) is 0 Å². The second kappa shape index (κ2) is 38.0. The van der Waals surface area contributed by atoms with Crippen molar-refractivity contribution < 1.29 is 66.4 Å². The maximum Gasteiger partial charge on any atom is 1.00 e. The topological polar surface area (TPSA) is 127 Å². The Morgan fingerprint density at radius 1 is 0.481 bits per heavy atom. The molecule has 0 heterocycles. The van der Waals surface area contributed by atoms with Crippen molar-refractivity contribution in [2.45, 2.75) is 218 Å². The van der Waals surface area contributed by atoms with Gasteiger partial charge in [-0.1, -0.05) is 187 Å².